The zero-order chi connectivity index (χ0) is 14.3. The maximum atomic E-state index is 13.1. The fourth-order valence-electron chi connectivity index (χ4n) is 4.19. The fourth-order valence-corrected chi connectivity index (χ4v) is 4.19. The lowest BCUT2D eigenvalue weighted by atomic mass is 9.73. The number of benzene rings is 1. The van der Waals surface area contributed by atoms with Gasteiger partial charge in [-0.3, -0.25) is 9.69 Å². The van der Waals surface area contributed by atoms with Gasteiger partial charge in [-0.15, -0.1) is 0 Å². The van der Waals surface area contributed by atoms with Crippen molar-refractivity contribution in [3.05, 3.63) is 35.6 Å². The predicted octanol–water partition coefficient (Wildman–Crippen LogP) is 3.37. The second-order valence-corrected chi connectivity index (χ2v) is 6.20. The molecule has 0 spiro atoms. The second-order valence-electron chi connectivity index (χ2n) is 6.20. The summed E-state index contributed by atoms with van der Waals surface area (Å²) >= 11 is 0. The van der Waals surface area contributed by atoms with Crippen LogP contribution in [0.15, 0.2) is 24.3 Å². The molecule has 1 aromatic carbocycles. The van der Waals surface area contributed by atoms with Gasteiger partial charge in [-0.05, 0) is 49.9 Å². The largest absolute Gasteiger partial charge is 0.300 e. The van der Waals surface area contributed by atoms with Crippen LogP contribution >= 0.6 is 0 Å². The first-order valence-corrected chi connectivity index (χ1v) is 7.62. The monoisotopic (exact) mass is 275 g/mol. The van der Waals surface area contributed by atoms with E-state index in [0.29, 0.717) is 24.3 Å². The lowest BCUT2D eigenvalue weighted by Gasteiger charge is -2.42. The smallest absolute Gasteiger partial charge is 0.137 e. The fraction of sp³-hybridized carbons (Fsp3) is 0.588. The van der Waals surface area contributed by atoms with Gasteiger partial charge in [0.2, 0.25) is 0 Å². The summed E-state index contributed by atoms with van der Waals surface area (Å²) in [6.45, 7) is 1.95. The molecule has 3 rings (SSSR count). The topological polar surface area (TPSA) is 20.3 Å². The molecule has 0 aliphatic carbocycles. The molecule has 0 saturated carbocycles. The Morgan fingerprint density at radius 1 is 1.30 bits per heavy atom. The average molecular weight is 275 g/mol. The minimum absolute atomic E-state index is 0.0780. The summed E-state index contributed by atoms with van der Waals surface area (Å²) in [4.78, 5) is 14.9. The Morgan fingerprint density at radius 3 is 2.65 bits per heavy atom. The van der Waals surface area contributed by atoms with Crippen LogP contribution < -0.4 is 0 Å². The summed E-state index contributed by atoms with van der Waals surface area (Å²) in [6, 6.07) is 7.71. The van der Waals surface area contributed by atoms with E-state index in [4.69, 9.17) is 0 Å². The third kappa shape index (κ3) is 2.18. The number of hydrogen-bond donors (Lipinski definition) is 0. The van der Waals surface area contributed by atoms with Crippen molar-refractivity contribution in [1.82, 2.24) is 4.90 Å². The molecule has 2 aliphatic rings. The Kier molecular flexibility index (Phi) is 3.63. The summed E-state index contributed by atoms with van der Waals surface area (Å²) in [7, 11) is 2.15. The van der Waals surface area contributed by atoms with Crippen LogP contribution in [0, 0.1) is 11.7 Å². The van der Waals surface area contributed by atoms with E-state index >= 15 is 0 Å². The Labute approximate surface area is 120 Å². The molecule has 0 unspecified atom stereocenters. The molecule has 2 fully saturated rings. The number of piperidine rings is 1. The van der Waals surface area contributed by atoms with Gasteiger partial charge in [0.1, 0.15) is 11.6 Å². The molecule has 3 heteroatoms. The molecule has 4 atom stereocenters. The molecular weight excluding hydrogens is 253 g/mol. The van der Waals surface area contributed by atoms with E-state index < -0.39 is 0 Å². The van der Waals surface area contributed by atoms with Gasteiger partial charge in [-0.25, -0.2) is 4.39 Å². The van der Waals surface area contributed by atoms with Crippen molar-refractivity contribution in [2.45, 2.75) is 50.6 Å². The first-order chi connectivity index (χ1) is 9.61. The Bertz CT molecular complexity index is 498. The van der Waals surface area contributed by atoms with Crippen LogP contribution in [0.4, 0.5) is 4.39 Å². The summed E-state index contributed by atoms with van der Waals surface area (Å²) in [5, 5.41) is 0. The highest BCUT2D eigenvalue weighted by Crippen LogP contribution is 2.46. The van der Waals surface area contributed by atoms with Crippen LogP contribution in [0.5, 0.6) is 0 Å². The highest BCUT2D eigenvalue weighted by Gasteiger charge is 2.48. The van der Waals surface area contributed by atoms with Crippen LogP contribution in [-0.4, -0.2) is 29.8 Å². The van der Waals surface area contributed by atoms with E-state index in [0.717, 1.165) is 18.4 Å². The Morgan fingerprint density at radius 2 is 2.00 bits per heavy atom. The molecule has 1 aromatic rings. The maximum absolute atomic E-state index is 13.1. The summed E-state index contributed by atoms with van der Waals surface area (Å²) in [5.41, 5.74) is 1.13. The molecule has 0 amide bonds. The van der Waals surface area contributed by atoms with Crippen molar-refractivity contribution in [3.63, 3.8) is 0 Å². The number of rotatable bonds is 3. The summed E-state index contributed by atoms with van der Waals surface area (Å²) in [6.07, 6.45) is 3.92. The van der Waals surface area contributed by atoms with Crippen molar-refractivity contribution >= 4 is 5.78 Å². The van der Waals surface area contributed by atoms with Crippen molar-refractivity contribution in [2.24, 2.45) is 5.92 Å². The van der Waals surface area contributed by atoms with Crippen LogP contribution in [0.25, 0.3) is 0 Å². The molecular formula is C17H22FNO. The Balaban J connectivity index is 1.95. The van der Waals surface area contributed by atoms with Gasteiger partial charge < -0.3 is 0 Å². The van der Waals surface area contributed by atoms with Gasteiger partial charge in [0.05, 0.1) is 0 Å². The number of nitrogens with zero attached hydrogens (tertiary/aromatic N) is 1. The number of Topliss-reactive ketones (excluding diaryl/α,β-unsaturated/α-hetero) is 1. The Hall–Kier alpha value is -1.22. The number of carbonyl (C=O) groups is 1. The molecule has 2 nitrogen and oxygen atoms in total. The number of fused-ring (bicyclic) bond motifs is 2. The van der Waals surface area contributed by atoms with Crippen LogP contribution in [0.1, 0.15) is 44.1 Å². The van der Waals surface area contributed by atoms with Gasteiger partial charge in [0.25, 0.3) is 0 Å². The van der Waals surface area contributed by atoms with Gasteiger partial charge in [0, 0.05) is 24.4 Å². The number of hydrogen-bond acceptors (Lipinski definition) is 2. The predicted molar refractivity (Wildman–Crippen MR) is 77.1 cm³/mol. The first kappa shape index (κ1) is 13.7. The van der Waals surface area contributed by atoms with Crippen molar-refractivity contribution < 1.29 is 9.18 Å². The minimum atomic E-state index is -0.206. The van der Waals surface area contributed by atoms with Crippen molar-refractivity contribution in [3.8, 4) is 0 Å². The molecule has 2 heterocycles. The van der Waals surface area contributed by atoms with Crippen molar-refractivity contribution in [2.75, 3.05) is 7.05 Å². The molecule has 20 heavy (non-hydrogen) atoms. The summed E-state index contributed by atoms with van der Waals surface area (Å²) in [5.74, 6) is 0.491. The van der Waals surface area contributed by atoms with Gasteiger partial charge in [0.15, 0.2) is 0 Å². The molecule has 0 radical (unpaired) electrons. The number of halogens is 1. The van der Waals surface area contributed by atoms with E-state index in [1.54, 1.807) is 0 Å². The second kappa shape index (κ2) is 5.28. The lowest BCUT2D eigenvalue weighted by molar-refractivity contribution is -0.126. The molecule has 108 valence electrons. The van der Waals surface area contributed by atoms with Crippen molar-refractivity contribution in [1.29, 1.82) is 0 Å². The average Bonchev–Trinajstić information content (AvgIpc) is 2.70. The molecule has 2 bridgehead atoms. The van der Waals surface area contributed by atoms with Gasteiger partial charge in [-0.1, -0.05) is 19.1 Å². The van der Waals surface area contributed by atoms with E-state index in [9.17, 15) is 9.18 Å². The lowest BCUT2D eigenvalue weighted by Crippen LogP contribution is -2.48. The zero-order valence-electron chi connectivity index (χ0n) is 12.2. The minimum Gasteiger partial charge on any atom is -0.300 e. The van der Waals surface area contributed by atoms with E-state index in [1.165, 1.54) is 18.6 Å². The van der Waals surface area contributed by atoms with Crippen LogP contribution in [0.3, 0.4) is 0 Å². The third-order valence-corrected chi connectivity index (χ3v) is 5.29. The number of ketones is 1. The maximum Gasteiger partial charge on any atom is 0.137 e. The molecule has 0 aromatic heterocycles. The third-order valence-electron chi connectivity index (χ3n) is 5.29. The highest BCUT2D eigenvalue weighted by atomic mass is 19.1. The van der Waals surface area contributed by atoms with Crippen LogP contribution in [-0.2, 0) is 4.79 Å². The molecule has 2 saturated heterocycles. The molecule has 0 N–H and O–H groups in total. The van der Waals surface area contributed by atoms with Gasteiger partial charge in [-0.2, -0.15) is 0 Å². The standard InChI is InChI=1S/C17H22FNO/c1-3-16(20)17-14(11-4-6-12(18)7-5-11)10-13-8-9-15(17)19(13)2/h4-7,13-15,17H,3,8-10H2,1-2H3/t13-,14-,15+,17-/m0/s1. The molecule has 2 aliphatic heterocycles. The van der Waals surface area contributed by atoms with E-state index in [-0.39, 0.29) is 17.7 Å². The van der Waals surface area contributed by atoms with E-state index in [1.807, 2.05) is 19.1 Å². The highest BCUT2D eigenvalue weighted by molar-refractivity contribution is 5.82. The first-order valence-electron chi connectivity index (χ1n) is 7.62. The van der Waals surface area contributed by atoms with Crippen LogP contribution in [0.2, 0.25) is 0 Å². The summed E-state index contributed by atoms with van der Waals surface area (Å²) < 4.78 is 13.1. The normalized spacial score (nSPS) is 33.4. The van der Waals surface area contributed by atoms with E-state index in [2.05, 4.69) is 11.9 Å². The van der Waals surface area contributed by atoms with Gasteiger partial charge >= 0.3 is 0 Å². The zero-order valence-corrected chi connectivity index (χ0v) is 12.2. The number of carbonyl (C=O) groups excluding carboxylic acids is 1. The SMILES string of the molecule is CCC(=O)[C@@H]1[C@H]2CC[C@@H](C[C@H]1c1ccc(F)cc1)N2C. The quantitative estimate of drug-likeness (QED) is 0.843.